The van der Waals surface area contributed by atoms with E-state index in [0.717, 1.165) is 18.2 Å². The zero-order valence-corrected chi connectivity index (χ0v) is 12.3. The predicted molar refractivity (Wildman–Crippen MR) is 73.5 cm³/mol. The van der Waals surface area contributed by atoms with E-state index in [-0.39, 0.29) is 17.9 Å². The van der Waals surface area contributed by atoms with Crippen LogP contribution in [0, 0.1) is 17.6 Å². The third-order valence-corrected chi connectivity index (χ3v) is 2.82. The van der Waals surface area contributed by atoms with Crippen LogP contribution in [0.2, 0.25) is 0 Å². The molecular formula is C15H19F2NO3. The van der Waals surface area contributed by atoms with Crippen molar-refractivity contribution in [3.63, 3.8) is 0 Å². The standard InChI is InChI=1S/C15H19F2NO3/c1-9(2)4-13(15(20)21-3)18-14(19)7-10-5-11(16)8-12(17)6-10/h5-6,8-9,13H,4,7H2,1-3H3,(H,18,19)/t13-/m0/s1. The van der Waals surface area contributed by atoms with Gasteiger partial charge in [0.15, 0.2) is 0 Å². The largest absolute Gasteiger partial charge is 0.467 e. The van der Waals surface area contributed by atoms with E-state index in [1.165, 1.54) is 7.11 Å². The fraction of sp³-hybridized carbons (Fsp3) is 0.467. The van der Waals surface area contributed by atoms with E-state index in [0.29, 0.717) is 6.42 Å². The Labute approximate surface area is 122 Å². The highest BCUT2D eigenvalue weighted by molar-refractivity contribution is 5.85. The average Bonchev–Trinajstić information content (AvgIpc) is 2.34. The van der Waals surface area contributed by atoms with Crippen LogP contribution in [0.25, 0.3) is 0 Å². The number of ether oxygens (including phenoxy) is 1. The van der Waals surface area contributed by atoms with Crippen molar-refractivity contribution in [1.82, 2.24) is 5.32 Å². The van der Waals surface area contributed by atoms with Crippen LogP contribution in [0.15, 0.2) is 18.2 Å². The zero-order chi connectivity index (χ0) is 16.0. The van der Waals surface area contributed by atoms with E-state index < -0.39 is 29.6 Å². The van der Waals surface area contributed by atoms with Crippen LogP contribution >= 0.6 is 0 Å². The third-order valence-electron chi connectivity index (χ3n) is 2.82. The van der Waals surface area contributed by atoms with Crippen molar-refractivity contribution in [2.24, 2.45) is 5.92 Å². The van der Waals surface area contributed by atoms with E-state index in [1.807, 2.05) is 13.8 Å². The summed E-state index contributed by atoms with van der Waals surface area (Å²) in [5, 5.41) is 2.53. The molecule has 0 radical (unpaired) electrons. The topological polar surface area (TPSA) is 55.4 Å². The second kappa shape index (κ2) is 7.71. The van der Waals surface area contributed by atoms with E-state index in [9.17, 15) is 18.4 Å². The molecule has 6 heteroatoms. The summed E-state index contributed by atoms with van der Waals surface area (Å²) in [5.41, 5.74) is 0.207. The number of rotatable bonds is 6. The van der Waals surface area contributed by atoms with Crippen molar-refractivity contribution in [3.05, 3.63) is 35.4 Å². The highest BCUT2D eigenvalue weighted by atomic mass is 19.1. The first kappa shape index (κ1) is 17.1. The molecule has 0 aliphatic carbocycles. The number of carbonyl (C=O) groups excluding carboxylic acids is 2. The minimum absolute atomic E-state index is 0.181. The molecular weight excluding hydrogens is 280 g/mol. The minimum Gasteiger partial charge on any atom is -0.467 e. The first-order valence-electron chi connectivity index (χ1n) is 6.64. The van der Waals surface area contributed by atoms with Gasteiger partial charge in [0.1, 0.15) is 17.7 Å². The maximum Gasteiger partial charge on any atom is 0.328 e. The SMILES string of the molecule is COC(=O)[C@H](CC(C)C)NC(=O)Cc1cc(F)cc(F)c1. The van der Waals surface area contributed by atoms with Crippen molar-refractivity contribution in [3.8, 4) is 0 Å². The average molecular weight is 299 g/mol. The molecule has 0 aromatic heterocycles. The summed E-state index contributed by atoms with van der Waals surface area (Å²) < 4.78 is 30.7. The van der Waals surface area contributed by atoms with Crippen LogP contribution in [-0.2, 0) is 20.7 Å². The molecule has 1 aromatic carbocycles. The van der Waals surface area contributed by atoms with Gasteiger partial charge in [-0.3, -0.25) is 4.79 Å². The monoisotopic (exact) mass is 299 g/mol. The van der Waals surface area contributed by atoms with Gasteiger partial charge in [0.05, 0.1) is 13.5 Å². The Kier molecular flexibility index (Phi) is 6.27. The van der Waals surface area contributed by atoms with Crippen LogP contribution < -0.4 is 5.32 Å². The second-order valence-electron chi connectivity index (χ2n) is 5.23. The van der Waals surface area contributed by atoms with Gasteiger partial charge < -0.3 is 10.1 Å². The number of esters is 1. The van der Waals surface area contributed by atoms with Gasteiger partial charge in [-0.2, -0.15) is 0 Å². The van der Waals surface area contributed by atoms with Gasteiger partial charge in [-0.15, -0.1) is 0 Å². The lowest BCUT2D eigenvalue weighted by atomic mass is 10.0. The maximum absolute atomic E-state index is 13.0. The predicted octanol–water partition coefficient (Wildman–Crippen LogP) is 2.21. The summed E-state index contributed by atoms with van der Waals surface area (Å²) in [5.74, 6) is -2.34. The Morgan fingerprint density at radius 1 is 1.19 bits per heavy atom. The smallest absolute Gasteiger partial charge is 0.328 e. The lowest BCUT2D eigenvalue weighted by Gasteiger charge is -2.18. The van der Waals surface area contributed by atoms with Crippen molar-refractivity contribution >= 4 is 11.9 Å². The van der Waals surface area contributed by atoms with Gasteiger partial charge in [0, 0.05) is 6.07 Å². The Hall–Kier alpha value is -1.98. The number of halogens is 2. The fourth-order valence-corrected chi connectivity index (χ4v) is 1.97. The number of hydrogen-bond acceptors (Lipinski definition) is 3. The van der Waals surface area contributed by atoms with Crippen molar-refractivity contribution in [2.75, 3.05) is 7.11 Å². The Morgan fingerprint density at radius 3 is 2.24 bits per heavy atom. The molecule has 116 valence electrons. The number of amides is 1. The van der Waals surface area contributed by atoms with Crippen molar-refractivity contribution in [2.45, 2.75) is 32.7 Å². The number of hydrogen-bond donors (Lipinski definition) is 1. The fourth-order valence-electron chi connectivity index (χ4n) is 1.97. The minimum atomic E-state index is -0.763. The molecule has 1 rings (SSSR count). The second-order valence-corrected chi connectivity index (χ2v) is 5.23. The molecule has 0 spiro atoms. The van der Waals surface area contributed by atoms with Gasteiger partial charge in [-0.05, 0) is 30.0 Å². The number of nitrogens with one attached hydrogen (secondary N) is 1. The Bertz CT molecular complexity index is 497. The molecule has 1 amide bonds. The molecule has 0 saturated heterocycles. The molecule has 1 atom stereocenters. The lowest BCUT2D eigenvalue weighted by molar-refractivity contribution is -0.145. The van der Waals surface area contributed by atoms with Crippen molar-refractivity contribution in [1.29, 1.82) is 0 Å². The van der Waals surface area contributed by atoms with Gasteiger partial charge >= 0.3 is 5.97 Å². The van der Waals surface area contributed by atoms with Crippen LogP contribution in [0.4, 0.5) is 8.78 Å². The van der Waals surface area contributed by atoms with Gasteiger partial charge in [0.25, 0.3) is 0 Å². The molecule has 0 heterocycles. The Balaban J connectivity index is 2.71. The highest BCUT2D eigenvalue weighted by Gasteiger charge is 2.22. The highest BCUT2D eigenvalue weighted by Crippen LogP contribution is 2.10. The molecule has 1 N–H and O–H groups in total. The molecule has 21 heavy (non-hydrogen) atoms. The van der Waals surface area contributed by atoms with Crippen LogP contribution in [0.3, 0.4) is 0 Å². The van der Waals surface area contributed by atoms with Crippen molar-refractivity contribution < 1.29 is 23.1 Å². The first-order chi connectivity index (χ1) is 9.81. The van der Waals surface area contributed by atoms with Gasteiger partial charge in [-0.25, -0.2) is 13.6 Å². The molecule has 1 aromatic rings. The van der Waals surface area contributed by atoms with E-state index in [4.69, 9.17) is 0 Å². The maximum atomic E-state index is 13.0. The molecule has 0 aliphatic heterocycles. The summed E-state index contributed by atoms with van der Waals surface area (Å²) in [4.78, 5) is 23.5. The zero-order valence-electron chi connectivity index (χ0n) is 12.3. The summed E-state index contributed by atoms with van der Waals surface area (Å²) >= 11 is 0. The van der Waals surface area contributed by atoms with E-state index in [1.54, 1.807) is 0 Å². The third kappa shape index (κ3) is 5.89. The molecule has 0 saturated carbocycles. The van der Waals surface area contributed by atoms with Crippen LogP contribution in [0.1, 0.15) is 25.8 Å². The summed E-state index contributed by atoms with van der Waals surface area (Å²) in [6.07, 6.45) is 0.218. The molecule has 0 bridgehead atoms. The Morgan fingerprint density at radius 2 is 1.76 bits per heavy atom. The quantitative estimate of drug-likeness (QED) is 0.819. The number of benzene rings is 1. The summed E-state index contributed by atoms with van der Waals surface area (Å²) in [6.45, 7) is 3.81. The van der Waals surface area contributed by atoms with E-state index in [2.05, 4.69) is 10.1 Å². The first-order valence-corrected chi connectivity index (χ1v) is 6.64. The van der Waals surface area contributed by atoms with E-state index >= 15 is 0 Å². The lowest BCUT2D eigenvalue weighted by Crippen LogP contribution is -2.43. The number of carbonyl (C=O) groups is 2. The van der Waals surface area contributed by atoms with Gasteiger partial charge in [0.2, 0.25) is 5.91 Å². The van der Waals surface area contributed by atoms with Crippen LogP contribution in [-0.4, -0.2) is 25.0 Å². The summed E-state index contributed by atoms with van der Waals surface area (Å²) in [7, 11) is 1.24. The van der Waals surface area contributed by atoms with Gasteiger partial charge in [-0.1, -0.05) is 13.8 Å². The molecule has 0 aliphatic rings. The number of methoxy groups -OCH3 is 1. The van der Waals surface area contributed by atoms with Crippen LogP contribution in [0.5, 0.6) is 0 Å². The molecule has 4 nitrogen and oxygen atoms in total. The summed E-state index contributed by atoms with van der Waals surface area (Å²) in [6, 6.07) is 2.13. The molecule has 0 fully saturated rings. The normalized spacial score (nSPS) is 12.1. The molecule has 0 unspecified atom stereocenters.